The molecule has 0 saturated heterocycles. The van der Waals surface area contributed by atoms with E-state index in [2.05, 4.69) is 46.5 Å². The lowest BCUT2D eigenvalue weighted by Crippen LogP contribution is -2.39. The van der Waals surface area contributed by atoms with Gasteiger partial charge < -0.3 is 10.6 Å². The Morgan fingerprint density at radius 2 is 1.97 bits per heavy atom. The lowest BCUT2D eigenvalue weighted by Gasteiger charge is -2.25. The maximum Gasteiger partial charge on any atom is 0.247 e. The Morgan fingerprint density at radius 3 is 2.78 bits per heavy atom. The van der Waals surface area contributed by atoms with Crippen molar-refractivity contribution in [1.29, 1.82) is 0 Å². The Bertz CT molecular complexity index is 1230. The SMILES string of the molecule is C=C/C(=C\C=C(/C)C(=O)NC1CCc2ccccc2C1)Nc1nccc2ccc(Cl)cc12. The van der Waals surface area contributed by atoms with Crippen LogP contribution in [0.3, 0.4) is 0 Å². The van der Waals surface area contributed by atoms with Crippen LogP contribution in [0.1, 0.15) is 24.5 Å². The smallest absolute Gasteiger partial charge is 0.247 e. The van der Waals surface area contributed by atoms with Crippen molar-refractivity contribution in [2.45, 2.75) is 32.2 Å². The van der Waals surface area contributed by atoms with E-state index in [4.69, 9.17) is 11.6 Å². The Kier molecular flexibility index (Phi) is 6.72. The second kappa shape index (κ2) is 9.84. The predicted octanol–water partition coefficient (Wildman–Crippen LogP) is 5.99. The summed E-state index contributed by atoms with van der Waals surface area (Å²) in [7, 11) is 0. The molecule has 0 saturated carbocycles. The van der Waals surface area contributed by atoms with Gasteiger partial charge in [0.25, 0.3) is 0 Å². The van der Waals surface area contributed by atoms with Crippen LogP contribution in [0.2, 0.25) is 5.02 Å². The zero-order valence-corrected chi connectivity index (χ0v) is 18.8. The average molecular weight is 444 g/mol. The number of nitrogens with one attached hydrogen (secondary N) is 2. The van der Waals surface area contributed by atoms with Crippen molar-refractivity contribution in [3.63, 3.8) is 0 Å². The number of anilines is 1. The van der Waals surface area contributed by atoms with Gasteiger partial charge in [-0.3, -0.25) is 4.79 Å². The minimum Gasteiger partial charge on any atom is -0.349 e. The molecule has 1 amide bonds. The van der Waals surface area contributed by atoms with Crippen LogP contribution >= 0.6 is 11.6 Å². The molecule has 1 aromatic heterocycles. The summed E-state index contributed by atoms with van der Waals surface area (Å²) in [6.07, 6.45) is 9.91. The molecule has 1 heterocycles. The first kappa shape index (κ1) is 21.8. The third kappa shape index (κ3) is 5.09. The van der Waals surface area contributed by atoms with Crippen molar-refractivity contribution in [2.24, 2.45) is 0 Å². The number of fused-ring (bicyclic) bond motifs is 2. The molecule has 1 unspecified atom stereocenters. The van der Waals surface area contributed by atoms with E-state index in [1.807, 2.05) is 37.3 Å². The van der Waals surface area contributed by atoms with Gasteiger partial charge in [-0.05, 0) is 73.1 Å². The standard InChI is InChI=1S/C27H26ClN3O/c1-3-23(30-26-25-17-22(28)11-9-20(25)14-15-29-26)12-8-18(2)27(32)31-24-13-10-19-6-4-5-7-21(19)16-24/h3-9,11-12,14-15,17,24H,1,10,13,16H2,2H3,(H,29,30)(H,31,32)/b18-8+,23-12+. The first-order valence-corrected chi connectivity index (χ1v) is 11.1. The number of allylic oxidation sites excluding steroid dienone is 3. The molecule has 4 nitrogen and oxygen atoms in total. The maximum absolute atomic E-state index is 12.7. The fourth-order valence-corrected chi connectivity index (χ4v) is 4.12. The fraction of sp³-hybridized carbons (Fsp3) is 0.185. The van der Waals surface area contributed by atoms with E-state index in [0.29, 0.717) is 16.4 Å². The van der Waals surface area contributed by atoms with Crippen LogP contribution in [0.4, 0.5) is 5.82 Å². The lowest BCUT2D eigenvalue weighted by atomic mass is 9.88. The van der Waals surface area contributed by atoms with Crippen molar-refractivity contribution in [2.75, 3.05) is 5.32 Å². The Morgan fingerprint density at radius 1 is 1.16 bits per heavy atom. The highest BCUT2D eigenvalue weighted by atomic mass is 35.5. The summed E-state index contributed by atoms with van der Waals surface area (Å²) in [5.74, 6) is 0.636. The molecular formula is C27H26ClN3O. The van der Waals surface area contributed by atoms with Crippen LogP contribution in [0.15, 0.2) is 90.8 Å². The van der Waals surface area contributed by atoms with Gasteiger partial charge in [0.1, 0.15) is 5.82 Å². The number of aryl methyl sites for hydroxylation is 1. The number of rotatable bonds is 6. The Hall–Kier alpha value is -3.37. The summed E-state index contributed by atoms with van der Waals surface area (Å²) in [5, 5.41) is 9.06. The Balaban J connectivity index is 1.44. The van der Waals surface area contributed by atoms with E-state index in [9.17, 15) is 4.79 Å². The first-order chi connectivity index (χ1) is 15.5. The van der Waals surface area contributed by atoms with E-state index in [-0.39, 0.29) is 11.9 Å². The molecule has 0 fully saturated rings. The van der Waals surface area contributed by atoms with Crippen molar-refractivity contribution in [3.8, 4) is 0 Å². The molecule has 0 aliphatic heterocycles. The number of benzene rings is 2. The zero-order chi connectivity index (χ0) is 22.5. The van der Waals surface area contributed by atoms with Gasteiger partial charge in [0, 0.05) is 33.9 Å². The topological polar surface area (TPSA) is 54.0 Å². The van der Waals surface area contributed by atoms with Crippen LogP contribution in [-0.4, -0.2) is 16.9 Å². The Labute approximate surface area is 193 Å². The second-order valence-corrected chi connectivity index (χ2v) is 8.44. The highest BCUT2D eigenvalue weighted by Gasteiger charge is 2.20. The fourth-order valence-electron chi connectivity index (χ4n) is 3.95. The van der Waals surface area contributed by atoms with E-state index in [0.717, 1.165) is 35.7 Å². The van der Waals surface area contributed by atoms with Crippen molar-refractivity contribution < 1.29 is 4.79 Å². The molecule has 0 spiro atoms. The van der Waals surface area contributed by atoms with Crippen LogP contribution in [0.5, 0.6) is 0 Å². The summed E-state index contributed by atoms with van der Waals surface area (Å²) < 4.78 is 0. The van der Waals surface area contributed by atoms with E-state index in [1.165, 1.54) is 11.1 Å². The number of aromatic nitrogens is 1. The quantitative estimate of drug-likeness (QED) is 0.363. The normalized spacial score (nSPS) is 16.4. The van der Waals surface area contributed by atoms with Gasteiger partial charge in [-0.2, -0.15) is 0 Å². The largest absolute Gasteiger partial charge is 0.349 e. The molecule has 1 aliphatic rings. The monoisotopic (exact) mass is 443 g/mol. The molecule has 162 valence electrons. The van der Waals surface area contributed by atoms with Crippen molar-refractivity contribution in [1.82, 2.24) is 10.3 Å². The van der Waals surface area contributed by atoms with Crippen LogP contribution in [-0.2, 0) is 17.6 Å². The first-order valence-electron chi connectivity index (χ1n) is 10.7. The third-order valence-corrected chi connectivity index (χ3v) is 6.00. The molecule has 4 rings (SSSR count). The van der Waals surface area contributed by atoms with Gasteiger partial charge in [0.2, 0.25) is 5.91 Å². The minimum absolute atomic E-state index is 0.0517. The van der Waals surface area contributed by atoms with Gasteiger partial charge in [0.05, 0.1) is 0 Å². The van der Waals surface area contributed by atoms with E-state index >= 15 is 0 Å². The molecule has 1 atom stereocenters. The summed E-state index contributed by atoms with van der Waals surface area (Å²) >= 11 is 6.16. The number of hydrogen-bond donors (Lipinski definition) is 2. The summed E-state index contributed by atoms with van der Waals surface area (Å²) in [6, 6.07) is 16.2. The number of halogens is 1. The van der Waals surface area contributed by atoms with E-state index in [1.54, 1.807) is 18.3 Å². The molecule has 1 aliphatic carbocycles. The summed E-state index contributed by atoms with van der Waals surface area (Å²) in [6.45, 7) is 5.70. The molecule has 2 aromatic carbocycles. The van der Waals surface area contributed by atoms with Crippen LogP contribution in [0, 0.1) is 0 Å². The van der Waals surface area contributed by atoms with Gasteiger partial charge in [-0.1, -0.05) is 54.6 Å². The molecule has 0 radical (unpaired) electrons. The third-order valence-electron chi connectivity index (χ3n) is 5.76. The molecular weight excluding hydrogens is 418 g/mol. The van der Waals surface area contributed by atoms with Gasteiger partial charge in [-0.25, -0.2) is 4.98 Å². The molecule has 32 heavy (non-hydrogen) atoms. The molecule has 3 aromatic rings. The van der Waals surface area contributed by atoms with Crippen LogP contribution < -0.4 is 10.6 Å². The van der Waals surface area contributed by atoms with Gasteiger partial charge >= 0.3 is 0 Å². The maximum atomic E-state index is 12.7. The van der Waals surface area contributed by atoms with Crippen molar-refractivity contribution in [3.05, 3.63) is 107 Å². The average Bonchev–Trinajstić information content (AvgIpc) is 2.81. The zero-order valence-electron chi connectivity index (χ0n) is 18.1. The number of amides is 1. The molecule has 5 heteroatoms. The van der Waals surface area contributed by atoms with E-state index < -0.39 is 0 Å². The number of carbonyl (C=O) groups excluding carboxylic acids is 1. The summed E-state index contributed by atoms with van der Waals surface area (Å²) in [4.78, 5) is 17.1. The van der Waals surface area contributed by atoms with Crippen molar-refractivity contribution >= 4 is 34.1 Å². The number of hydrogen-bond acceptors (Lipinski definition) is 3. The number of pyridine rings is 1. The highest BCUT2D eigenvalue weighted by molar-refractivity contribution is 6.31. The van der Waals surface area contributed by atoms with Gasteiger partial charge in [-0.15, -0.1) is 0 Å². The number of carbonyl (C=O) groups is 1. The minimum atomic E-state index is -0.0517. The van der Waals surface area contributed by atoms with Crippen LogP contribution in [0.25, 0.3) is 10.8 Å². The predicted molar refractivity (Wildman–Crippen MR) is 133 cm³/mol. The second-order valence-electron chi connectivity index (χ2n) is 8.01. The van der Waals surface area contributed by atoms with Gasteiger partial charge in [0.15, 0.2) is 0 Å². The lowest BCUT2D eigenvalue weighted by molar-refractivity contribution is -0.118. The summed E-state index contributed by atoms with van der Waals surface area (Å²) in [5.41, 5.74) is 4.09. The number of nitrogens with zero attached hydrogens (tertiary/aromatic N) is 1. The molecule has 0 bridgehead atoms. The highest BCUT2D eigenvalue weighted by Crippen LogP contribution is 2.26. The molecule has 2 N–H and O–H groups in total.